The van der Waals surface area contributed by atoms with Crippen molar-refractivity contribution in [1.29, 1.82) is 0 Å². The summed E-state index contributed by atoms with van der Waals surface area (Å²) in [5.74, 6) is 1.31. The minimum Gasteiger partial charge on any atom is -0.495 e. The van der Waals surface area contributed by atoms with Crippen LogP contribution in [-0.2, 0) is 4.79 Å². The molecule has 0 spiro atoms. The molecule has 0 saturated carbocycles. The van der Waals surface area contributed by atoms with E-state index in [9.17, 15) is 4.79 Å². The van der Waals surface area contributed by atoms with Crippen molar-refractivity contribution in [2.24, 2.45) is 0 Å². The number of anilines is 1. The van der Waals surface area contributed by atoms with Gasteiger partial charge in [-0.25, -0.2) is 0 Å². The number of para-hydroxylation sites is 2. The Balaban J connectivity index is 2.15. The van der Waals surface area contributed by atoms with Gasteiger partial charge in [-0.05, 0) is 42.8 Å². The zero-order chi connectivity index (χ0) is 18.2. The van der Waals surface area contributed by atoms with Crippen LogP contribution < -0.4 is 19.5 Å². The van der Waals surface area contributed by atoms with Crippen LogP contribution in [0.25, 0.3) is 6.08 Å². The number of amides is 1. The average Bonchev–Trinajstić information content (AvgIpc) is 2.62. The molecule has 1 amide bonds. The summed E-state index contributed by atoms with van der Waals surface area (Å²) in [6.45, 7) is 2.35. The standard InChI is InChI=1S/C19H20ClNO4/c1-4-25-19-14(20)11-13(12-17(19)24-3)9-10-18(22)21-15-7-5-6-8-16(15)23-2/h5-12H,4H2,1-3H3,(H,21,22). The summed E-state index contributed by atoms with van der Waals surface area (Å²) in [7, 11) is 3.09. The van der Waals surface area contributed by atoms with Crippen molar-refractivity contribution >= 4 is 29.3 Å². The molecular weight excluding hydrogens is 342 g/mol. The second kappa shape index (κ2) is 8.99. The number of methoxy groups -OCH3 is 2. The molecule has 1 N–H and O–H groups in total. The van der Waals surface area contributed by atoms with Gasteiger partial charge in [-0.1, -0.05) is 23.7 Å². The van der Waals surface area contributed by atoms with Crippen LogP contribution in [0.2, 0.25) is 5.02 Å². The zero-order valence-corrected chi connectivity index (χ0v) is 15.1. The first kappa shape index (κ1) is 18.7. The summed E-state index contributed by atoms with van der Waals surface area (Å²) in [4.78, 5) is 12.1. The van der Waals surface area contributed by atoms with E-state index < -0.39 is 0 Å². The topological polar surface area (TPSA) is 56.8 Å². The number of benzene rings is 2. The molecule has 2 aromatic carbocycles. The van der Waals surface area contributed by atoms with Gasteiger partial charge in [0.25, 0.3) is 0 Å². The largest absolute Gasteiger partial charge is 0.495 e. The average molecular weight is 362 g/mol. The van der Waals surface area contributed by atoms with Crippen molar-refractivity contribution < 1.29 is 19.0 Å². The van der Waals surface area contributed by atoms with Crippen molar-refractivity contribution in [2.75, 3.05) is 26.1 Å². The first-order valence-electron chi connectivity index (χ1n) is 7.71. The third-order valence-corrected chi connectivity index (χ3v) is 3.61. The molecule has 132 valence electrons. The predicted molar refractivity (Wildman–Crippen MR) is 99.8 cm³/mol. The molecule has 2 aromatic rings. The first-order valence-corrected chi connectivity index (χ1v) is 8.09. The predicted octanol–water partition coefficient (Wildman–Crippen LogP) is 4.41. The molecule has 0 aliphatic carbocycles. The number of halogens is 1. The van der Waals surface area contributed by atoms with Crippen molar-refractivity contribution in [2.45, 2.75) is 6.92 Å². The van der Waals surface area contributed by atoms with Gasteiger partial charge in [0.2, 0.25) is 5.91 Å². The van der Waals surface area contributed by atoms with E-state index in [2.05, 4.69) is 5.32 Å². The van der Waals surface area contributed by atoms with Crippen molar-refractivity contribution in [3.05, 3.63) is 53.1 Å². The number of ether oxygens (including phenoxy) is 3. The summed E-state index contributed by atoms with van der Waals surface area (Å²) in [6, 6.07) is 10.7. The molecule has 0 fully saturated rings. The maximum absolute atomic E-state index is 12.1. The summed E-state index contributed by atoms with van der Waals surface area (Å²) >= 11 is 6.22. The van der Waals surface area contributed by atoms with E-state index in [1.807, 2.05) is 19.1 Å². The second-order valence-electron chi connectivity index (χ2n) is 4.99. The van der Waals surface area contributed by atoms with Crippen LogP contribution in [0, 0.1) is 0 Å². The van der Waals surface area contributed by atoms with Gasteiger partial charge in [0.1, 0.15) is 5.75 Å². The third kappa shape index (κ3) is 4.90. The highest BCUT2D eigenvalue weighted by atomic mass is 35.5. The smallest absolute Gasteiger partial charge is 0.248 e. The third-order valence-electron chi connectivity index (χ3n) is 3.33. The Bertz CT molecular complexity index is 774. The van der Waals surface area contributed by atoms with Crippen molar-refractivity contribution in [1.82, 2.24) is 0 Å². The van der Waals surface area contributed by atoms with Crippen LogP contribution in [0.4, 0.5) is 5.69 Å². The minimum absolute atomic E-state index is 0.284. The molecule has 0 unspecified atom stereocenters. The Morgan fingerprint density at radius 1 is 1.16 bits per heavy atom. The molecule has 5 nitrogen and oxygen atoms in total. The van der Waals surface area contributed by atoms with Gasteiger partial charge in [-0.2, -0.15) is 0 Å². The highest BCUT2D eigenvalue weighted by molar-refractivity contribution is 6.32. The summed E-state index contributed by atoms with van der Waals surface area (Å²) < 4.78 is 16.0. The Kier molecular flexibility index (Phi) is 6.71. The Morgan fingerprint density at radius 3 is 2.56 bits per heavy atom. The van der Waals surface area contributed by atoms with E-state index in [-0.39, 0.29) is 5.91 Å². The number of rotatable bonds is 7. The van der Waals surface area contributed by atoms with Crippen molar-refractivity contribution in [3.8, 4) is 17.2 Å². The van der Waals surface area contributed by atoms with Gasteiger partial charge in [-0.3, -0.25) is 4.79 Å². The second-order valence-corrected chi connectivity index (χ2v) is 5.40. The van der Waals surface area contributed by atoms with Crippen LogP contribution >= 0.6 is 11.6 Å². The zero-order valence-electron chi connectivity index (χ0n) is 14.3. The molecule has 0 aliphatic heterocycles. The van der Waals surface area contributed by atoms with E-state index in [1.165, 1.54) is 13.2 Å². The van der Waals surface area contributed by atoms with Crippen molar-refractivity contribution in [3.63, 3.8) is 0 Å². The lowest BCUT2D eigenvalue weighted by atomic mass is 10.2. The van der Waals surface area contributed by atoms with Gasteiger partial charge in [0.15, 0.2) is 11.5 Å². The highest BCUT2D eigenvalue weighted by Gasteiger charge is 2.11. The lowest BCUT2D eigenvalue weighted by molar-refractivity contribution is -0.111. The Hall–Kier alpha value is -2.66. The van der Waals surface area contributed by atoms with Gasteiger partial charge in [0.05, 0.1) is 31.5 Å². The normalized spacial score (nSPS) is 10.6. The molecule has 0 saturated heterocycles. The minimum atomic E-state index is -0.284. The fourth-order valence-electron chi connectivity index (χ4n) is 2.21. The molecule has 6 heteroatoms. The van der Waals surface area contributed by atoms with E-state index in [0.717, 1.165) is 5.56 Å². The number of hydrogen-bond acceptors (Lipinski definition) is 4. The SMILES string of the molecule is CCOc1c(Cl)cc(C=CC(=O)Nc2ccccc2OC)cc1OC. The fourth-order valence-corrected chi connectivity index (χ4v) is 2.49. The summed E-state index contributed by atoms with van der Waals surface area (Å²) in [5.41, 5.74) is 1.32. The molecule has 0 aliphatic rings. The molecule has 0 atom stereocenters. The number of nitrogens with one attached hydrogen (secondary N) is 1. The molecule has 0 heterocycles. The molecule has 0 bridgehead atoms. The number of hydrogen-bond donors (Lipinski definition) is 1. The van der Waals surface area contributed by atoms with Crippen LogP contribution in [0.15, 0.2) is 42.5 Å². The van der Waals surface area contributed by atoms with Gasteiger partial charge in [0, 0.05) is 6.08 Å². The van der Waals surface area contributed by atoms with E-state index in [4.69, 9.17) is 25.8 Å². The van der Waals surface area contributed by atoms with Crippen LogP contribution in [0.3, 0.4) is 0 Å². The highest BCUT2D eigenvalue weighted by Crippen LogP contribution is 2.36. The summed E-state index contributed by atoms with van der Waals surface area (Å²) in [5, 5.41) is 3.19. The fraction of sp³-hybridized carbons (Fsp3) is 0.211. The van der Waals surface area contributed by atoms with E-state index in [1.54, 1.807) is 37.5 Å². The van der Waals surface area contributed by atoms with Gasteiger partial charge >= 0.3 is 0 Å². The summed E-state index contributed by atoms with van der Waals surface area (Å²) in [6.07, 6.45) is 3.06. The lowest BCUT2D eigenvalue weighted by Crippen LogP contribution is -2.08. The van der Waals surface area contributed by atoms with Crippen LogP contribution in [-0.4, -0.2) is 26.7 Å². The first-order chi connectivity index (χ1) is 12.1. The molecule has 0 aromatic heterocycles. The quantitative estimate of drug-likeness (QED) is 0.742. The molecule has 2 rings (SSSR count). The number of carbonyl (C=O) groups excluding carboxylic acids is 1. The van der Waals surface area contributed by atoms with E-state index >= 15 is 0 Å². The van der Waals surface area contributed by atoms with Crippen LogP contribution in [0.1, 0.15) is 12.5 Å². The molecular formula is C19H20ClNO4. The maximum Gasteiger partial charge on any atom is 0.248 e. The lowest BCUT2D eigenvalue weighted by Gasteiger charge is -2.12. The van der Waals surface area contributed by atoms with Gasteiger partial charge in [-0.15, -0.1) is 0 Å². The molecule has 25 heavy (non-hydrogen) atoms. The van der Waals surface area contributed by atoms with Crippen LogP contribution in [0.5, 0.6) is 17.2 Å². The van der Waals surface area contributed by atoms with Gasteiger partial charge < -0.3 is 19.5 Å². The maximum atomic E-state index is 12.1. The molecule has 0 radical (unpaired) electrons. The Morgan fingerprint density at radius 2 is 1.88 bits per heavy atom. The Labute approximate surface area is 152 Å². The van der Waals surface area contributed by atoms with E-state index in [0.29, 0.717) is 34.6 Å². The monoisotopic (exact) mass is 361 g/mol. The number of carbonyl (C=O) groups is 1.